The van der Waals surface area contributed by atoms with Crippen LogP contribution in [0.2, 0.25) is 0 Å². The first-order valence-electron chi connectivity index (χ1n) is 11.5. The highest BCUT2D eigenvalue weighted by molar-refractivity contribution is 5.18. The smallest absolute Gasteiger partial charge is 0.140 e. The SMILES string of the molecule is COC[C@]12CC[C@@](C)(O)C[C@@H]1CCC1[C@@H]3CC[C@H](c4ccno4)[C@@]3(C)CC[C@@H]12. The molecule has 4 aliphatic rings. The molecule has 0 aliphatic heterocycles. The lowest BCUT2D eigenvalue weighted by Gasteiger charge is -2.62. The van der Waals surface area contributed by atoms with Crippen molar-refractivity contribution in [3.63, 3.8) is 0 Å². The molecule has 1 aromatic heterocycles. The Bertz CT molecular complexity index is 701. The Balaban J connectivity index is 1.45. The van der Waals surface area contributed by atoms with E-state index in [0.29, 0.717) is 17.3 Å². The molecule has 5 rings (SSSR count). The van der Waals surface area contributed by atoms with Gasteiger partial charge >= 0.3 is 0 Å². The Labute approximate surface area is 169 Å². The number of hydrogen-bond acceptors (Lipinski definition) is 4. The zero-order chi connectivity index (χ0) is 19.6. The van der Waals surface area contributed by atoms with Crippen molar-refractivity contribution in [1.82, 2.24) is 5.16 Å². The van der Waals surface area contributed by atoms with Gasteiger partial charge in [-0.1, -0.05) is 12.1 Å². The molecule has 0 radical (unpaired) electrons. The van der Waals surface area contributed by atoms with Crippen LogP contribution in [0.25, 0.3) is 0 Å². The molecule has 4 fully saturated rings. The average molecular weight is 388 g/mol. The Hall–Kier alpha value is -0.870. The molecular formula is C24H37NO3. The van der Waals surface area contributed by atoms with Gasteiger partial charge in [0.25, 0.3) is 0 Å². The van der Waals surface area contributed by atoms with Crippen LogP contribution in [0.1, 0.15) is 83.3 Å². The van der Waals surface area contributed by atoms with E-state index in [9.17, 15) is 5.11 Å². The van der Waals surface area contributed by atoms with Crippen molar-refractivity contribution in [2.75, 3.05) is 13.7 Å². The number of ether oxygens (including phenoxy) is 1. The number of aliphatic hydroxyl groups is 1. The predicted octanol–water partition coefficient (Wildman–Crippen LogP) is 5.18. The van der Waals surface area contributed by atoms with E-state index in [1.807, 2.05) is 20.2 Å². The molecule has 28 heavy (non-hydrogen) atoms. The van der Waals surface area contributed by atoms with Crippen molar-refractivity contribution >= 4 is 0 Å². The summed E-state index contributed by atoms with van der Waals surface area (Å²) in [6.45, 7) is 5.46. The van der Waals surface area contributed by atoms with Crippen LogP contribution in [0.4, 0.5) is 0 Å². The fourth-order valence-corrected chi connectivity index (χ4v) is 8.66. The molecule has 0 bridgehead atoms. The molecule has 4 saturated carbocycles. The summed E-state index contributed by atoms with van der Waals surface area (Å²) in [7, 11) is 1.88. The average Bonchev–Trinajstić information content (AvgIpc) is 3.28. The van der Waals surface area contributed by atoms with E-state index in [1.165, 1.54) is 38.5 Å². The minimum Gasteiger partial charge on any atom is -0.390 e. The third-order valence-electron chi connectivity index (χ3n) is 9.87. The zero-order valence-electron chi connectivity index (χ0n) is 17.8. The van der Waals surface area contributed by atoms with Crippen LogP contribution in [0.15, 0.2) is 16.8 Å². The molecule has 156 valence electrons. The van der Waals surface area contributed by atoms with E-state index in [0.717, 1.165) is 49.4 Å². The van der Waals surface area contributed by atoms with Gasteiger partial charge in [-0.15, -0.1) is 0 Å². The number of methoxy groups -OCH3 is 1. The lowest BCUT2D eigenvalue weighted by molar-refractivity contribution is -0.172. The Kier molecular flexibility index (Phi) is 4.48. The molecule has 8 atom stereocenters. The summed E-state index contributed by atoms with van der Waals surface area (Å²) in [5.41, 5.74) is 0.149. The highest BCUT2D eigenvalue weighted by Crippen LogP contribution is 2.69. The maximum Gasteiger partial charge on any atom is 0.140 e. The molecule has 4 aliphatic carbocycles. The number of fused-ring (bicyclic) bond motifs is 5. The fourth-order valence-electron chi connectivity index (χ4n) is 8.66. The van der Waals surface area contributed by atoms with Gasteiger partial charge in [0.2, 0.25) is 0 Å². The minimum absolute atomic E-state index is 0.283. The van der Waals surface area contributed by atoms with Gasteiger partial charge in [-0.2, -0.15) is 0 Å². The van der Waals surface area contributed by atoms with Crippen molar-refractivity contribution in [2.24, 2.45) is 34.5 Å². The van der Waals surface area contributed by atoms with E-state index < -0.39 is 5.60 Å². The van der Waals surface area contributed by atoms with Crippen LogP contribution in [0, 0.1) is 34.5 Å². The van der Waals surface area contributed by atoms with E-state index >= 15 is 0 Å². The summed E-state index contributed by atoms with van der Waals surface area (Å²) >= 11 is 0. The third-order valence-corrected chi connectivity index (χ3v) is 9.87. The summed E-state index contributed by atoms with van der Waals surface area (Å²) in [4.78, 5) is 0. The Morgan fingerprint density at radius 3 is 2.71 bits per heavy atom. The topological polar surface area (TPSA) is 55.5 Å². The first kappa shape index (κ1) is 19.1. The minimum atomic E-state index is -0.483. The van der Waals surface area contributed by atoms with Crippen LogP contribution in [-0.2, 0) is 4.74 Å². The number of hydrogen-bond donors (Lipinski definition) is 1. The zero-order valence-corrected chi connectivity index (χ0v) is 17.8. The standard InChI is InChI=1S/C24H37NO3/c1-22(26)11-12-24(15-27-3)16(14-22)4-5-17-18-6-7-20(21-9-13-25-28-21)23(18,2)10-8-19(17)24/h9,13,16-20,26H,4-8,10-12,14-15H2,1-3H3/t16-,17?,18-,19-,20+,22+,23-,24+/m0/s1. The predicted molar refractivity (Wildman–Crippen MR) is 108 cm³/mol. The van der Waals surface area contributed by atoms with Gasteiger partial charge < -0.3 is 14.4 Å². The van der Waals surface area contributed by atoms with Crippen molar-refractivity contribution in [1.29, 1.82) is 0 Å². The van der Waals surface area contributed by atoms with Gasteiger partial charge in [-0.3, -0.25) is 0 Å². The fraction of sp³-hybridized carbons (Fsp3) is 0.875. The molecule has 0 aromatic carbocycles. The second-order valence-electron chi connectivity index (χ2n) is 11.1. The van der Waals surface area contributed by atoms with Crippen LogP contribution in [0.5, 0.6) is 0 Å². The first-order valence-corrected chi connectivity index (χ1v) is 11.5. The van der Waals surface area contributed by atoms with Crippen molar-refractivity contribution in [2.45, 2.75) is 83.2 Å². The summed E-state index contributed by atoms with van der Waals surface area (Å²) in [6.07, 6.45) is 12.6. The normalized spacial score (nSPS) is 50.6. The van der Waals surface area contributed by atoms with Crippen LogP contribution in [-0.4, -0.2) is 29.6 Å². The molecule has 1 unspecified atom stereocenters. The Morgan fingerprint density at radius 1 is 1.11 bits per heavy atom. The van der Waals surface area contributed by atoms with Gasteiger partial charge in [0.15, 0.2) is 0 Å². The van der Waals surface area contributed by atoms with Crippen molar-refractivity contribution in [3.8, 4) is 0 Å². The molecule has 4 nitrogen and oxygen atoms in total. The number of aromatic nitrogens is 1. The summed E-state index contributed by atoms with van der Waals surface area (Å²) < 4.78 is 11.5. The number of nitrogens with zero attached hydrogens (tertiary/aromatic N) is 1. The van der Waals surface area contributed by atoms with Gasteiger partial charge in [0.05, 0.1) is 18.4 Å². The lowest BCUT2D eigenvalue weighted by atomic mass is 9.43. The van der Waals surface area contributed by atoms with E-state index in [1.54, 1.807) is 0 Å². The van der Waals surface area contributed by atoms with E-state index in [-0.39, 0.29) is 5.41 Å². The maximum absolute atomic E-state index is 10.8. The second-order valence-corrected chi connectivity index (χ2v) is 11.1. The van der Waals surface area contributed by atoms with E-state index in [4.69, 9.17) is 9.26 Å². The van der Waals surface area contributed by atoms with Crippen LogP contribution >= 0.6 is 0 Å². The summed E-state index contributed by atoms with van der Waals surface area (Å²) in [5, 5.41) is 14.8. The summed E-state index contributed by atoms with van der Waals surface area (Å²) in [5.74, 6) is 4.61. The van der Waals surface area contributed by atoms with Gasteiger partial charge in [0.1, 0.15) is 5.76 Å². The van der Waals surface area contributed by atoms with Crippen molar-refractivity contribution < 1.29 is 14.4 Å². The van der Waals surface area contributed by atoms with Gasteiger partial charge in [-0.25, -0.2) is 0 Å². The Morgan fingerprint density at radius 2 is 1.96 bits per heavy atom. The van der Waals surface area contributed by atoms with Gasteiger partial charge in [-0.05, 0) is 99.2 Å². The molecule has 4 heteroatoms. The van der Waals surface area contributed by atoms with Crippen LogP contribution < -0.4 is 0 Å². The summed E-state index contributed by atoms with van der Waals surface area (Å²) in [6, 6.07) is 2.09. The maximum atomic E-state index is 10.8. The highest BCUT2D eigenvalue weighted by atomic mass is 16.5. The molecular weight excluding hydrogens is 350 g/mol. The molecule has 1 N–H and O–H groups in total. The second kappa shape index (κ2) is 6.57. The quantitative estimate of drug-likeness (QED) is 0.776. The molecule has 1 aromatic rings. The number of rotatable bonds is 3. The first-order chi connectivity index (χ1) is 13.4. The van der Waals surface area contributed by atoms with Crippen LogP contribution in [0.3, 0.4) is 0 Å². The molecule has 0 saturated heterocycles. The lowest BCUT2D eigenvalue weighted by Crippen LogP contribution is -2.58. The largest absolute Gasteiger partial charge is 0.390 e. The molecule has 0 spiro atoms. The molecule has 1 heterocycles. The van der Waals surface area contributed by atoms with E-state index in [2.05, 4.69) is 18.1 Å². The van der Waals surface area contributed by atoms with Crippen molar-refractivity contribution in [3.05, 3.63) is 18.0 Å². The monoisotopic (exact) mass is 387 g/mol. The molecule has 0 amide bonds. The highest BCUT2D eigenvalue weighted by Gasteiger charge is 2.62. The third kappa shape index (κ3) is 2.66. The van der Waals surface area contributed by atoms with Gasteiger partial charge in [0, 0.05) is 19.1 Å².